The van der Waals surface area contributed by atoms with E-state index < -0.39 is 0 Å². The SMILES string of the molecule is COc1ncc(-c2cc([C@H]3C[C@@H]3c3ccc4cnccc4c3)c3nccn3n2)c(OC)n1. The summed E-state index contributed by atoms with van der Waals surface area (Å²) in [5.74, 6) is 1.23. The van der Waals surface area contributed by atoms with Gasteiger partial charge in [-0.2, -0.15) is 10.1 Å². The molecular weight excluding hydrogens is 404 g/mol. The Morgan fingerprint density at radius 2 is 1.88 bits per heavy atom. The van der Waals surface area contributed by atoms with Gasteiger partial charge < -0.3 is 9.47 Å². The van der Waals surface area contributed by atoms with Gasteiger partial charge in [0.05, 0.1) is 25.5 Å². The van der Waals surface area contributed by atoms with Gasteiger partial charge >= 0.3 is 6.01 Å². The summed E-state index contributed by atoms with van der Waals surface area (Å²) in [7, 11) is 3.10. The quantitative estimate of drug-likeness (QED) is 0.421. The Hall–Kier alpha value is -4.07. The fourth-order valence-corrected chi connectivity index (χ4v) is 4.37. The highest BCUT2D eigenvalue weighted by atomic mass is 16.5. The third-order valence-electron chi connectivity index (χ3n) is 6.05. The molecule has 4 heterocycles. The minimum absolute atomic E-state index is 0.253. The third-order valence-corrected chi connectivity index (χ3v) is 6.05. The second-order valence-electron chi connectivity index (χ2n) is 7.89. The highest BCUT2D eigenvalue weighted by Gasteiger charge is 2.41. The molecule has 0 N–H and O–H groups in total. The maximum absolute atomic E-state index is 5.48. The monoisotopic (exact) mass is 424 g/mol. The lowest BCUT2D eigenvalue weighted by atomic mass is 10.0. The maximum Gasteiger partial charge on any atom is 0.319 e. The van der Waals surface area contributed by atoms with Gasteiger partial charge in [0.15, 0.2) is 5.65 Å². The number of rotatable bonds is 5. The number of ether oxygens (including phenoxy) is 2. The van der Waals surface area contributed by atoms with E-state index in [9.17, 15) is 0 Å². The van der Waals surface area contributed by atoms with Crippen LogP contribution in [0.4, 0.5) is 0 Å². The summed E-state index contributed by atoms with van der Waals surface area (Å²) < 4.78 is 12.4. The molecule has 0 bridgehead atoms. The lowest BCUT2D eigenvalue weighted by molar-refractivity contribution is 0.353. The molecule has 4 aromatic heterocycles. The lowest BCUT2D eigenvalue weighted by Crippen LogP contribution is -2.02. The van der Waals surface area contributed by atoms with Crippen LogP contribution in [-0.4, -0.2) is 43.8 Å². The molecule has 1 aliphatic rings. The molecule has 0 radical (unpaired) electrons. The summed E-state index contributed by atoms with van der Waals surface area (Å²) in [5, 5.41) is 7.09. The zero-order chi connectivity index (χ0) is 21.7. The molecule has 5 aromatic rings. The Kier molecular flexibility index (Phi) is 4.24. The van der Waals surface area contributed by atoms with E-state index in [-0.39, 0.29) is 6.01 Å². The second-order valence-corrected chi connectivity index (χ2v) is 7.89. The normalized spacial score (nSPS) is 17.6. The number of benzene rings is 1. The van der Waals surface area contributed by atoms with Crippen LogP contribution in [-0.2, 0) is 0 Å². The van der Waals surface area contributed by atoms with Gasteiger partial charge in [-0.25, -0.2) is 14.5 Å². The van der Waals surface area contributed by atoms with E-state index in [4.69, 9.17) is 14.6 Å². The number of nitrogens with zero attached hydrogens (tertiary/aromatic N) is 6. The van der Waals surface area contributed by atoms with Crippen LogP contribution in [0.1, 0.15) is 29.4 Å². The molecule has 32 heavy (non-hydrogen) atoms. The van der Waals surface area contributed by atoms with Gasteiger partial charge in [-0.15, -0.1) is 0 Å². The molecule has 0 aliphatic heterocycles. The molecule has 1 fully saturated rings. The molecule has 158 valence electrons. The predicted molar refractivity (Wildman–Crippen MR) is 119 cm³/mol. The molecule has 0 unspecified atom stereocenters. The standard InChI is InChI=1S/C24H20N6O2/c1-31-23-20(13-27-24(28-23)32-2)21-11-19(22-26-7-8-30(22)29-21)18-10-17(18)15-3-4-16-12-25-6-5-14(16)9-15/h3-9,11-13,17-18H,10H2,1-2H3/t17-,18+/m1/s1. The van der Waals surface area contributed by atoms with Crippen molar-refractivity contribution in [1.82, 2.24) is 29.5 Å². The summed E-state index contributed by atoms with van der Waals surface area (Å²) in [6, 6.07) is 11.0. The molecule has 0 saturated heterocycles. The minimum atomic E-state index is 0.253. The molecule has 0 spiro atoms. The van der Waals surface area contributed by atoms with Crippen LogP contribution in [0.15, 0.2) is 61.3 Å². The summed E-state index contributed by atoms with van der Waals surface area (Å²) >= 11 is 0. The zero-order valence-electron chi connectivity index (χ0n) is 17.6. The number of fused-ring (bicyclic) bond motifs is 2. The highest BCUT2D eigenvalue weighted by molar-refractivity contribution is 5.82. The van der Waals surface area contributed by atoms with Crippen LogP contribution < -0.4 is 9.47 Å². The first-order chi connectivity index (χ1) is 15.7. The first-order valence-corrected chi connectivity index (χ1v) is 10.4. The summed E-state index contributed by atoms with van der Waals surface area (Å²) in [6.45, 7) is 0. The number of hydrogen-bond acceptors (Lipinski definition) is 7. The first-order valence-electron chi connectivity index (χ1n) is 10.4. The Bertz CT molecular complexity index is 1460. The van der Waals surface area contributed by atoms with Gasteiger partial charge in [0.25, 0.3) is 0 Å². The Balaban J connectivity index is 1.42. The van der Waals surface area contributed by atoms with Gasteiger partial charge in [0, 0.05) is 41.9 Å². The zero-order valence-corrected chi connectivity index (χ0v) is 17.6. The van der Waals surface area contributed by atoms with Gasteiger partial charge in [0.1, 0.15) is 0 Å². The molecule has 8 heteroatoms. The molecule has 2 atom stereocenters. The topological polar surface area (TPSA) is 87.3 Å². The number of imidazole rings is 1. The van der Waals surface area contributed by atoms with Crippen LogP contribution in [0.3, 0.4) is 0 Å². The molecule has 1 aliphatic carbocycles. The van der Waals surface area contributed by atoms with Crippen molar-refractivity contribution < 1.29 is 9.47 Å². The second kappa shape index (κ2) is 7.26. The van der Waals surface area contributed by atoms with E-state index >= 15 is 0 Å². The fourth-order valence-electron chi connectivity index (χ4n) is 4.37. The molecule has 1 aromatic carbocycles. The smallest absolute Gasteiger partial charge is 0.319 e. The summed E-state index contributed by atoms with van der Waals surface area (Å²) in [6.07, 6.45) is 10.1. The Labute approximate surface area is 183 Å². The molecule has 8 nitrogen and oxygen atoms in total. The van der Waals surface area contributed by atoms with Crippen molar-refractivity contribution in [3.63, 3.8) is 0 Å². The fraction of sp³-hybridized carbons (Fsp3) is 0.208. The van der Waals surface area contributed by atoms with Crippen molar-refractivity contribution in [3.05, 3.63) is 72.4 Å². The lowest BCUT2D eigenvalue weighted by Gasteiger charge is -2.11. The van der Waals surface area contributed by atoms with Crippen molar-refractivity contribution in [1.29, 1.82) is 0 Å². The van der Waals surface area contributed by atoms with Crippen LogP contribution in [0.25, 0.3) is 27.7 Å². The van der Waals surface area contributed by atoms with Crippen molar-refractivity contribution >= 4 is 16.4 Å². The molecule has 1 saturated carbocycles. The van der Waals surface area contributed by atoms with Crippen molar-refractivity contribution in [3.8, 4) is 23.1 Å². The Morgan fingerprint density at radius 3 is 2.75 bits per heavy atom. The number of hydrogen-bond donors (Lipinski definition) is 0. The highest BCUT2D eigenvalue weighted by Crippen LogP contribution is 2.56. The maximum atomic E-state index is 5.48. The summed E-state index contributed by atoms with van der Waals surface area (Å²) in [5.41, 5.74) is 4.82. The number of pyridine rings is 1. The third kappa shape index (κ3) is 3.03. The average molecular weight is 424 g/mol. The van der Waals surface area contributed by atoms with Crippen molar-refractivity contribution in [2.75, 3.05) is 14.2 Å². The van der Waals surface area contributed by atoms with Crippen molar-refractivity contribution in [2.45, 2.75) is 18.3 Å². The van der Waals surface area contributed by atoms with Gasteiger partial charge in [-0.1, -0.05) is 18.2 Å². The van der Waals surface area contributed by atoms with Crippen LogP contribution in [0.2, 0.25) is 0 Å². The summed E-state index contributed by atoms with van der Waals surface area (Å²) in [4.78, 5) is 17.3. The van der Waals surface area contributed by atoms with E-state index in [0.29, 0.717) is 23.3 Å². The van der Waals surface area contributed by atoms with Crippen LogP contribution in [0, 0.1) is 0 Å². The van der Waals surface area contributed by atoms with E-state index in [2.05, 4.69) is 50.3 Å². The minimum Gasteiger partial charge on any atom is -0.480 e. The largest absolute Gasteiger partial charge is 0.480 e. The van der Waals surface area contributed by atoms with E-state index in [1.807, 2.05) is 23.1 Å². The van der Waals surface area contributed by atoms with E-state index in [1.165, 1.54) is 18.1 Å². The average Bonchev–Trinajstić information content (AvgIpc) is 3.50. The molecule has 6 rings (SSSR count). The molecule has 0 amide bonds. The molecular formula is C24H20N6O2. The van der Waals surface area contributed by atoms with Gasteiger partial charge in [0.2, 0.25) is 5.88 Å². The number of aromatic nitrogens is 6. The van der Waals surface area contributed by atoms with Gasteiger partial charge in [-0.3, -0.25) is 4.98 Å². The number of methoxy groups -OCH3 is 2. The van der Waals surface area contributed by atoms with E-state index in [1.54, 1.807) is 19.5 Å². The van der Waals surface area contributed by atoms with Gasteiger partial charge in [-0.05, 0) is 41.3 Å². The predicted octanol–water partition coefficient (Wildman–Crippen LogP) is 4.02. The Morgan fingerprint density at radius 1 is 0.938 bits per heavy atom. The van der Waals surface area contributed by atoms with Crippen LogP contribution >= 0.6 is 0 Å². The van der Waals surface area contributed by atoms with Crippen LogP contribution in [0.5, 0.6) is 11.9 Å². The van der Waals surface area contributed by atoms with E-state index in [0.717, 1.165) is 28.7 Å². The van der Waals surface area contributed by atoms with Crippen molar-refractivity contribution in [2.24, 2.45) is 0 Å². The first kappa shape index (κ1) is 18.7.